The summed E-state index contributed by atoms with van der Waals surface area (Å²) in [6.07, 6.45) is -4.68. The Balaban J connectivity index is 1.45. The molecule has 1 heterocycles. The van der Waals surface area contributed by atoms with Gasteiger partial charge in [-0.1, -0.05) is 103 Å². The zero-order valence-electron chi connectivity index (χ0n) is 28.9. The molecular formula is C41H44O10. The highest BCUT2D eigenvalue weighted by atomic mass is 16.7. The summed E-state index contributed by atoms with van der Waals surface area (Å²) >= 11 is 0. The number of carbonyl (C=O) groups excluding carboxylic acids is 2. The van der Waals surface area contributed by atoms with E-state index in [4.69, 9.17) is 28.4 Å². The van der Waals surface area contributed by atoms with Crippen molar-refractivity contribution in [1.29, 1.82) is 0 Å². The summed E-state index contributed by atoms with van der Waals surface area (Å²) in [6.45, 7) is 3.77. The molecule has 0 aromatic heterocycles. The Morgan fingerprint density at radius 3 is 1.75 bits per heavy atom. The number of esters is 1. The summed E-state index contributed by atoms with van der Waals surface area (Å²) in [5.74, 6) is -1.76. The molecule has 4 aromatic carbocycles. The highest BCUT2D eigenvalue weighted by molar-refractivity contribution is 5.89. The quantitative estimate of drug-likeness (QED) is 0.114. The lowest BCUT2D eigenvalue weighted by atomic mass is 9.97. The number of carbonyl (C=O) groups is 3. The van der Waals surface area contributed by atoms with Crippen LogP contribution in [-0.4, -0.2) is 60.1 Å². The minimum atomic E-state index is -1.03. The monoisotopic (exact) mass is 696 g/mol. The highest BCUT2D eigenvalue weighted by Crippen LogP contribution is 2.32. The molecule has 51 heavy (non-hydrogen) atoms. The maximum atomic E-state index is 13.2. The number of aryl methyl sites for hydroxylation is 1. The first-order chi connectivity index (χ1) is 24.8. The van der Waals surface area contributed by atoms with Gasteiger partial charge in [0.05, 0.1) is 45.0 Å². The fraction of sp³-hybridized carbons (Fsp3) is 0.341. The molecule has 1 aliphatic heterocycles. The molecule has 0 radical (unpaired) electrons. The molecule has 1 fully saturated rings. The molecular weight excluding hydrogens is 652 g/mol. The van der Waals surface area contributed by atoms with Crippen molar-refractivity contribution in [2.24, 2.45) is 0 Å². The molecule has 5 atom stereocenters. The van der Waals surface area contributed by atoms with Crippen LogP contribution < -0.4 is 0 Å². The van der Waals surface area contributed by atoms with E-state index in [0.29, 0.717) is 11.1 Å². The average Bonchev–Trinajstić information content (AvgIpc) is 3.14. The summed E-state index contributed by atoms with van der Waals surface area (Å²) in [5, 5.41) is 9.61. The third-order valence-corrected chi connectivity index (χ3v) is 8.45. The van der Waals surface area contributed by atoms with Gasteiger partial charge in [-0.3, -0.25) is 4.79 Å². The third kappa shape index (κ3) is 11.4. The Morgan fingerprint density at radius 2 is 1.20 bits per heavy atom. The van der Waals surface area contributed by atoms with Gasteiger partial charge in [-0.2, -0.15) is 0 Å². The largest absolute Gasteiger partial charge is 0.478 e. The molecule has 0 saturated carbocycles. The third-order valence-electron chi connectivity index (χ3n) is 8.45. The van der Waals surface area contributed by atoms with E-state index in [2.05, 4.69) is 0 Å². The van der Waals surface area contributed by atoms with E-state index in [1.165, 1.54) is 6.92 Å². The Morgan fingerprint density at radius 1 is 0.647 bits per heavy atom. The number of aromatic carboxylic acids is 1. The Hall–Kier alpha value is -4.71. The van der Waals surface area contributed by atoms with Gasteiger partial charge in [0.25, 0.3) is 0 Å². The molecule has 268 valence electrons. The number of Topliss-reactive ketones (excluding diaryl/α,β-unsaturated/α-hetero) is 1. The van der Waals surface area contributed by atoms with Gasteiger partial charge in [0.15, 0.2) is 12.4 Å². The number of hydrogen-bond donors (Lipinski definition) is 1. The second-order valence-corrected chi connectivity index (χ2v) is 12.5. The number of benzene rings is 4. The van der Waals surface area contributed by atoms with Gasteiger partial charge in [0, 0.05) is 6.42 Å². The smallest absolute Gasteiger partial charge is 0.335 e. The lowest BCUT2D eigenvalue weighted by Gasteiger charge is -2.45. The molecule has 10 heteroatoms. The zero-order valence-corrected chi connectivity index (χ0v) is 28.9. The molecule has 0 unspecified atom stereocenters. The van der Waals surface area contributed by atoms with Crippen molar-refractivity contribution in [2.45, 2.75) is 83.8 Å². The molecule has 4 aromatic rings. The van der Waals surface area contributed by atoms with Crippen LogP contribution in [0.3, 0.4) is 0 Å². The highest BCUT2D eigenvalue weighted by Gasteiger charge is 2.50. The van der Waals surface area contributed by atoms with Gasteiger partial charge in [0.2, 0.25) is 0 Å². The van der Waals surface area contributed by atoms with E-state index in [1.54, 1.807) is 25.1 Å². The molecule has 0 spiro atoms. The first kappa shape index (κ1) is 37.5. The second-order valence-electron chi connectivity index (χ2n) is 12.5. The van der Waals surface area contributed by atoms with Crippen LogP contribution in [0.5, 0.6) is 0 Å². The molecule has 1 aliphatic rings. The maximum absolute atomic E-state index is 13.2. The van der Waals surface area contributed by atoms with Crippen molar-refractivity contribution in [3.8, 4) is 0 Å². The van der Waals surface area contributed by atoms with E-state index in [-0.39, 0.29) is 57.2 Å². The normalized spacial score (nSPS) is 20.1. The first-order valence-electron chi connectivity index (χ1n) is 17.0. The number of carboxylic acid groups (broad SMARTS) is 1. The molecule has 0 aliphatic carbocycles. The van der Waals surface area contributed by atoms with Crippen molar-refractivity contribution >= 4 is 17.7 Å². The Bertz CT molecular complexity index is 1700. The van der Waals surface area contributed by atoms with E-state index in [9.17, 15) is 19.5 Å². The minimum Gasteiger partial charge on any atom is -0.478 e. The number of rotatable bonds is 18. The molecule has 5 rings (SSSR count). The summed E-state index contributed by atoms with van der Waals surface area (Å²) in [6, 6.07) is 34.0. The predicted octanol–water partition coefficient (Wildman–Crippen LogP) is 6.60. The zero-order chi connectivity index (χ0) is 36.0. The molecule has 10 nitrogen and oxygen atoms in total. The van der Waals surface area contributed by atoms with Crippen molar-refractivity contribution in [3.63, 3.8) is 0 Å². The van der Waals surface area contributed by atoms with Gasteiger partial charge >= 0.3 is 11.9 Å². The molecule has 1 N–H and O–H groups in total. The van der Waals surface area contributed by atoms with Crippen LogP contribution in [0.4, 0.5) is 0 Å². The fourth-order valence-electron chi connectivity index (χ4n) is 5.71. The number of ether oxygens (including phenoxy) is 6. The summed E-state index contributed by atoms with van der Waals surface area (Å²) in [5.41, 5.74) is 4.21. The number of ketones is 1. The van der Waals surface area contributed by atoms with Gasteiger partial charge in [-0.05, 0) is 47.7 Å². The van der Waals surface area contributed by atoms with Gasteiger partial charge in [-0.15, -0.1) is 0 Å². The van der Waals surface area contributed by atoms with Crippen molar-refractivity contribution in [2.75, 3.05) is 6.61 Å². The van der Waals surface area contributed by atoms with E-state index < -0.39 is 42.6 Å². The maximum Gasteiger partial charge on any atom is 0.335 e. The Kier molecular flexibility index (Phi) is 14.0. The predicted molar refractivity (Wildman–Crippen MR) is 188 cm³/mol. The van der Waals surface area contributed by atoms with Crippen molar-refractivity contribution in [3.05, 3.63) is 143 Å². The SMILES string of the molecule is CC(=O)CCC(=O)O[C@H]1[C@H](OCc2ccccc2)[C@@H](OCc2ccccc2)[C@@H](OCc2ccccc2)O[C@@H]1COCc1ccc(C)c(C(=O)O)c1. The number of hydrogen-bond acceptors (Lipinski definition) is 9. The van der Waals surface area contributed by atoms with Gasteiger partial charge < -0.3 is 38.3 Å². The van der Waals surface area contributed by atoms with E-state index in [0.717, 1.165) is 16.7 Å². The topological polar surface area (TPSA) is 127 Å². The van der Waals surface area contributed by atoms with Crippen LogP contribution in [0.25, 0.3) is 0 Å². The summed E-state index contributed by atoms with van der Waals surface area (Å²) in [4.78, 5) is 36.7. The fourth-order valence-corrected chi connectivity index (χ4v) is 5.71. The molecule has 0 amide bonds. The first-order valence-corrected chi connectivity index (χ1v) is 17.0. The minimum absolute atomic E-state index is 0.0270. The van der Waals surface area contributed by atoms with Gasteiger partial charge in [-0.25, -0.2) is 4.79 Å². The Labute approximate surface area is 298 Å². The second kappa shape index (κ2) is 19.1. The van der Waals surface area contributed by atoms with Crippen LogP contribution in [0.2, 0.25) is 0 Å². The van der Waals surface area contributed by atoms with Crippen molar-refractivity contribution < 1.29 is 47.9 Å². The summed E-state index contributed by atoms with van der Waals surface area (Å²) in [7, 11) is 0. The van der Waals surface area contributed by atoms with Crippen LogP contribution >= 0.6 is 0 Å². The van der Waals surface area contributed by atoms with Crippen LogP contribution in [0.15, 0.2) is 109 Å². The average molecular weight is 697 g/mol. The summed E-state index contributed by atoms with van der Waals surface area (Å²) < 4.78 is 38.3. The van der Waals surface area contributed by atoms with Crippen LogP contribution in [-0.2, 0) is 64.4 Å². The van der Waals surface area contributed by atoms with Gasteiger partial charge in [0.1, 0.15) is 24.1 Å². The van der Waals surface area contributed by atoms with E-state index >= 15 is 0 Å². The lowest BCUT2D eigenvalue weighted by molar-refractivity contribution is -0.325. The van der Waals surface area contributed by atoms with Crippen molar-refractivity contribution in [1.82, 2.24) is 0 Å². The van der Waals surface area contributed by atoms with Crippen LogP contribution in [0, 0.1) is 6.92 Å². The standard InChI is InChI=1S/C41H44O10/c1-28-18-20-33(22-34(28)40(44)45)23-46-27-35-37(51-36(43)21-19-29(2)42)38(47-24-30-12-6-3-7-13-30)39(48-25-31-14-8-4-9-15-31)41(50-35)49-26-32-16-10-5-11-17-32/h3-18,20,22,35,37-39,41H,19,21,23-27H2,1-2H3,(H,44,45)/t35-,37-,38+,39-,41+/m1/s1. The van der Waals surface area contributed by atoms with Crippen LogP contribution in [0.1, 0.15) is 57.9 Å². The lowest BCUT2D eigenvalue weighted by Crippen LogP contribution is -2.62. The van der Waals surface area contributed by atoms with E-state index in [1.807, 2.05) is 91.0 Å². The molecule has 1 saturated heterocycles. The number of carboxylic acids is 1. The molecule has 0 bridgehead atoms.